The lowest BCUT2D eigenvalue weighted by Gasteiger charge is -2.30. The summed E-state index contributed by atoms with van der Waals surface area (Å²) < 4.78 is 6.98. The number of pyridine rings is 1. The standard InChI is InChI=1S/C18H21N3O3/c1-2-24-18(23)14-8-11-20(12-9-14)17(22)7-6-15-13-19-16-5-3-4-10-21(15)16/h3-7,10,13-14H,2,8-9,11-12H2,1H3/b7-6+. The number of carbonyl (C=O) groups excluding carboxylic acids is 2. The van der Waals surface area contributed by atoms with Crippen LogP contribution in [0.4, 0.5) is 0 Å². The first kappa shape index (κ1) is 16.2. The van der Waals surface area contributed by atoms with Gasteiger partial charge in [0.05, 0.1) is 24.4 Å². The average molecular weight is 327 g/mol. The Balaban J connectivity index is 1.59. The molecule has 1 saturated heterocycles. The predicted molar refractivity (Wildman–Crippen MR) is 90.2 cm³/mol. The quantitative estimate of drug-likeness (QED) is 0.637. The van der Waals surface area contributed by atoms with E-state index in [1.54, 1.807) is 23.2 Å². The van der Waals surface area contributed by atoms with Crippen molar-refractivity contribution in [1.82, 2.24) is 14.3 Å². The molecule has 24 heavy (non-hydrogen) atoms. The van der Waals surface area contributed by atoms with Gasteiger partial charge in [-0.2, -0.15) is 0 Å². The molecule has 0 spiro atoms. The molecule has 1 aliphatic heterocycles. The van der Waals surface area contributed by atoms with Crippen LogP contribution >= 0.6 is 0 Å². The normalized spacial score (nSPS) is 16.0. The molecule has 0 radical (unpaired) electrons. The molecule has 6 heteroatoms. The molecule has 126 valence electrons. The minimum atomic E-state index is -0.147. The lowest BCUT2D eigenvalue weighted by molar-refractivity contribution is -0.150. The van der Waals surface area contributed by atoms with Crippen molar-refractivity contribution >= 4 is 23.6 Å². The van der Waals surface area contributed by atoms with Gasteiger partial charge in [-0.3, -0.25) is 9.59 Å². The van der Waals surface area contributed by atoms with Crippen molar-refractivity contribution in [2.45, 2.75) is 19.8 Å². The van der Waals surface area contributed by atoms with E-state index < -0.39 is 0 Å². The van der Waals surface area contributed by atoms with Crippen molar-refractivity contribution in [1.29, 1.82) is 0 Å². The molecule has 1 aliphatic rings. The zero-order chi connectivity index (χ0) is 16.9. The second kappa shape index (κ2) is 7.29. The number of fused-ring (bicyclic) bond motifs is 1. The number of esters is 1. The Bertz CT molecular complexity index is 758. The number of aromatic nitrogens is 2. The van der Waals surface area contributed by atoms with E-state index in [9.17, 15) is 9.59 Å². The van der Waals surface area contributed by atoms with Gasteiger partial charge in [0.25, 0.3) is 0 Å². The molecule has 0 unspecified atom stereocenters. The summed E-state index contributed by atoms with van der Waals surface area (Å²) in [4.78, 5) is 30.1. The third-order valence-electron chi connectivity index (χ3n) is 4.27. The Morgan fingerprint density at radius 2 is 2.12 bits per heavy atom. The number of piperidine rings is 1. The zero-order valence-corrected chi connectivity index (χ0v) is 13.7. The summed E-state index contributed by atoms with van der Waals surface area (Å²) in [7, 11) is 0. The van der Waals surface area contributed by atoms with Crippen molar-refractivity contribution in [2.75, 3.05) is 19.7 Å². The summed E-state index contributed by atoms with van der Waals surface area (Å²) in [6, 6.07) is 5.77. The summed E-state index contributed by atoms with van der Waals surface area (Å²) in [5.41, 5.74) is 1.71. The highest BCUT2D eigenvalue weighted by Gasteiger charge is 2.27. The first-order chi connectivity index (χ1) is 11.7. The van der Waals surface area contributed by atoms with E-state index in [0.29, 0.717) is 32.5 Å². The van der Waals surface area contributed by atoms with Crippen molar-refractivity contribution in [3.8, 4) is 0 Å². The molecule has 3 rings (SSSR count). The monoisotopic (exact) mass is 327 g/mol. The number of hydrogen-bond acceptors (Lipinski definition) is 4. The predicted octanol–water partition coefficient (Wildman–Crippen LogP) is 2.15. The van der Waals surface area contributed by atoms with Crippen LogP contribution in [0.3, 0.4) is 0 Å². The van der Waals surface area contributed by atoms with Gasteiger partial charge < -0.3 is 14.0 Å². The largest absolute Gasteiger partial charge is 0.466 e. The summed E-state index contributed by atoms with van der Waals surface area (Å²) in [5.74, 6) is -0.272. The van der Waals surface area contributed by atoms with Crippen molar-refractivity contribution < 1.29 is 14.3 Å². The first-order valence-electron chi connectivity index (χ1n) is 8.24. The van der Waals surface area contributed by atoms with Crippen LogP contribution < -0.4 is 0 Å². The molecule has 0 aromatic carbocycles. The highest BCUT2D eigenvalue weighted by molar-refractivity contribution is 5.91. The van der Waals surface area contributed by atoms with Crippen LogP contribution in [0.15, 0.2) is 36.7 Å². The summed E-state index contributed by atoms with van der Waals surface area (Å²) >= 11 is 0. The van der Waals surface area contributed by atoms with Gasteiger partial charge in [-0.25, -0.2) is 4.98 Å². The molecule has 1 fully saturated rings. The topological polar surface area (TPSA) is 63.9 Å². The van der Waals surface area contributed by atoms with E-state index in [1.165, 1.54) is 0 Å². The van der Waals surface area contributed by atoms with Gasteiger partial charge in [-0.1, -0.05) is 6.07 Å². The lowest BCUT2D eigenvalue weighted by atomic mass is 9.97. The molecular formula is C18H21N3O3. The van der Waals surface area contributed by atoms with E-state index in [0.717, 1.165) is 11.3 Å². The van der Waals surface area contributed by atoms with Gasteiger partial charge in [-0.05, 0) is 38.0 Å². The molecule has 0 aliphatic carbocycles. The number of nitrogens with zero attached hydrogens (tertiary/aromatic N) is 3. The number of carbonyl (C=O) groups is 2. The number of imidazole rings is 1. The van der Waals surface area contributed by atoms with E-state index >= 15 is 0 Å². The Kier molecular flexibility index (Phi) is 4.93. The van der Waals surface area contributed by atoms with E-state index in [4.69, 9.17) is 4.74 Å². The second-order valence-corrected chi connectivity index (χ2v) is 5.80. The fraction of sp³-hybridized carbons (Fsp3) is 0.389. The maximum Gasteiger partial charge on any atom is 0.309 e. The summed E-state index contributed by atoms with van der Waals surface area (Å²) in [6.07, 6.45) is 8.33. The third-order valence-corrected chi connectivity index (χ3v) is 4.27. The van der Waals surface area contributed by atoms with Crippen LogP contribution in [0.5, 0.6) is 0 Å². The van der Waals surface area contributed by atoms with Crippen LogP contribution in [-0.2, 0) is 14.3 Å². The van der Waals surface area contributed by atoms with E-state index in [-0.39, 0.29) is 17.8 Å². The van der Waals surface area contributed by atoms with Crippen LogP contribution in [0, 0.1) is 5.92 Å². The summed E-state index contributed by atoms with van der Waals surface area (Å²) in [6.45, 7) is 3.38. The SMILES string of the molecule is CCOC(=O)C1CCN(C(=O)/C=C/c2cnc3ccccn23)CC1. The molecule has 1 amide bonds. The highest BCUT2D eigenvalue weighted by Crippen LogP contribution is 2.19. The maximum absolute atomic E-state index is 12.3. The number of rotatable bonds is 4. The van der Waals surface area contributed by atoms with Gasteiger partial charge in [0.2, 0.25) is 5.91 Å². The maximum atomic E-state index is 12.3. The molecule has 2 aromatic rings. The minimum absolute atomic E-state index is 0.0387. The molecule has 0 N–H and O–H groups in total. The van der Waals surface area contributed by atoms with Crippen LogP contribution in [-0.4, -0.2) is 45.9 Å². The minimum Gasteiger partial charge on any atom is -0.466 e. The van der Waals surface area contributed by atoms with Crippen molar-refractivity contribution in [2.24, 2.45) is 5.92 Å². The van der Waals surface area contributed by atoms with Crippen LogP contribution in [0.2, 0.25) is 0 Å². The number of amides is 1. The van der Waals surface area contributed by atoms with E-state index in [1.807, 2.05) is 35.7 Å². The highest BCUT2D eigenvalue weighted by atomic mass is 16.5. The summed E-state index contributed by atoms with van der Waals surface area (Å²) in [5, 5.41) is 0. The molecule has 0 atom stereocenters. The second-order valence-electron chi connectivity index (χ2n) is 5.80. The Labute approximate surface area is 140 Å². The fourth-order valence-corrected chi connectivity index (χ4v) is 2.93. The Morgan fingerprint density at radius 1 is 1.33 bits per heavy atom. The molecule has 0 bridgehead atoms. The van der Waals surface area contributed by atoms with Gasteiger partial charge >= 0.3 is 5.97 Å². The Hall–Kier alpha value is -2.63. The van der Waals surface area contributed by atoms with Gasteiger partial charge in [0, 0.05) is 25.4 Å². The van der Waals surface area contributed by atoms with Crippen LogP contribution in [0.25, 0.3) is 11.7 Å². The number of hydrogen-bond donors (Lipinski definition) is 0. The fourth-order valence-electron chi connectivity index (χ4n) is 2.93. The van der Waals surface area contributed by atoms with Crippen molar-refractivity contribution in [3.05, 3.63) is 42.4 Å². The van der Waals surface area contributed by atoms with Gasteiger partial charge in [0.15, 0.2) is 0 Å². The number of likely N-dealkylation sites (tertiary alicyclic amines) is 1. The van der Waals surface area contributed by atoms with Crippen LogP contribution in [0.1, 0.15) is 25.5 Å². The molecule has 2 aromatic heterocycles. The lowest BCUT2D eigenvalue weighted by Crippen LogP contribution is -2.39. The molecule has 6 nitrogen and oxygen atoms in total. The number of ether oxygens (including phenoxy) is 1. The molecule has 0 saturated carbocycles. The third kappa shape index (κ3) is 3.48. The molecular weight excluding hydrogens is 306 g/mol. The zero-order valence-electron chi connectivity index (χ0n) is 13.7. The first-order valence-corrected chi connectivity index (χ1v) is 8.24. The van der Waals surface area contributed by atoms with E-state index in [2.05, 4.69) is 4.98 Å². The van der Waals surface area contributed by atoms with Gasteiger partial charge in [-0.15, -0.1) is 0 Å². The molecule has 3 heterocycles. The van der Waals surface area contributed by atoms with Crippen molar-refractivity contribution in [3.63, 3.8) is 0 Å². The Morgan fingerprint density at radius 3 is 2.88 bits per heavy atom. The van der Waals surface area contributed by atoms with Gasteiger partial charge in [0.1, 0.15) is 5.65 Å². The smallest absolute Gasteiger partial charge is 0.309 e. The average Bonchev–Trinajstić information content (AvgIpc) is 3.03.